The number of anilines is 1. The van der Waals surface area contributed by atoms with E-state index in [1.807, 2.05) is 44.3 Å². The third-order valence-electron chi connectivity index (χ3n) is 3.27. The van der Waals surface area contributed by atoms with E-state index in [2.05, 4.69) is 15.0 Å². The van der Waals surface area contributed by atoms with Gasteiger partial charge in [-0.15, -0.1) is 0 Å². The molecule has 0 aliphatic heterocycles. The summed E-state index contributed by atoms with van der Waals surface area (Å²) in [5.41, 5.74) is 9.47. The topological polar surface area (TPSA) is 64.7 Å². The minimum Gasteiger partial charge on any atom is -0.382 e. The SMILES string of the molecule is Cc1nc(N)c(-c2cccc3ccncc23)nc1C. The third kappa shape index (κ3) is 1.91. The first kappa shape index (κ1) is 11.6. The lowest BCUT2D eigenvalue weighted by Gasteiger charge is -2.10. The van der Waals surface area contributed by atoms with E-state index in [1.54, 1.807) is 6.20 Å². The largest absolute Gasteiger partial charge is 0.382 e. The van der Waals surface area contributed by atoms with Crippen molar-refractivity contribution in [3.8, 4) is 11.3 Å². The first-order valence-corrected chi connectivity index (χ1v) is 6.10. The van der Waals surface area contributed by atoms with Gasteiger partial charge in [0, 0.05) is 23.3 Å². The molecule has 2 N–H and O–H groups in total. The van der Waals surface area contributed by atoms with Crippen molar-refractivity contribution in [2.24, 2.45) is 0 Å². The van der Waals surface area contributed by atoms with Crippen molar-refractivity contribution in [1.29, 1.82) is 0 Å². The zero-order valence-corrected chi connectivity index (χ0v) is 10.9. The number of nitrogens with zero attached hydrogens (tertiary/aromatic N) is 3. The Morgan fingerprint density at radius 2 is 1.79 bits per heavy atom. The minimum atomic E-state index is 0.458. The van der Waals surface area contributed by atoms with Crippen molar-refractivity contribution in [3.63, 3.8) is 0 Å². The molecule has 19 heavy (non-hydrogen) atoms. The highest BCUT2D eigenvalue weighted by molar-refractivity contribution is 5.97. The number of rotatable bonds is 1. The molecule has 0 aliphatic carbocycles. The molecule has 3 rings (SSSR count). The van der Waals surface area contributed by atoms with E-state index in [0.29, 0.717) is 5.82 Å². The van der Waals surface area contributed by atoms with E-state index in [4.69, 9.17) is 5.73 Å². The summed E-state index contributed by atoms with van der Waals surface area (Å²) in [6, 6.07) is 8.02. The van der Waals surface area contributed by atoms with Gasteiger partial charge in [0.1, 0.15) is 11.5 Å². The lowest BCUT2D eigenvalue weighted by Crippen LogP contribution is -2.02. The number of fused-ring (bicyclic) bond motifs is 1. The van der Waals surface area contributed by atoms with E-state index >= 15 is 0 Å². The summed E-state index contributed by atoms with van der Waals surface area (Å²) in [6.45, 7) is 3.85. The van der Waals surface area contributed by atoms with Gasteiger partial charge < -0.3 is 5.73 Å². The van der Waals surface area contributed by atoms with E-state index in [0.717, 1.165) is 33.4 Å². The number of nitrogens with two attached hydrogens (primary N) is 1. The second-order valence-corrected chi connectivity index (χ2v) is 4.53. The van der Waals surface area contributed by atoms with Crippen LogP contribution in [0.15, 0.2) is 36.7 Å². The summed E-state index contributed by atoms with van der Waals surface area (Å²) in [5, 5.41) is 2.15. The number of benzene rings is 1. The molecule has 0 fully saturated rings. The molecule has 1 aromatic carbocycles. The molecule has 94 valence electrons. The molecule has 0 saturated carbocycles. The molecule has 2 heterocycles. The fourth-order valence-corrected chi connectivity index (χ4v) is 2.14. The van der Waals surface area contributed by atoms with Gasteiger partial charge in [-0.3, -0.25) is 4.98 Å². The molecular weight excluding hydrogens is 236 g/mol. The lowest BCUT2D eigenvalue weighted by atomic mass is 10.0. The molecule has 0 bridgehead atoms. The Labute approximate surface area is 111 Å². The highest BCUT2D eigenvalue weighted by atomic mass is 14.9. The molecule has 0 radical (unpaired) electrons. The number of pyridine rings is 1. The Kier molecular flexibility index (Phi) is 2.63. The lowest BCUT2D eigenvalue weighted by molar-refractivity contribution is 1.06. The normalized spacial score (nSPS) is 10.8. The van der Waals surface area contributed by atoms with Crippen molar-refractivity contribution >= 4 is 16.6 Å². The number of hydrogen-bond acceptors (Lipinski definition) is 4. The van der Waals surface area contributed by atoms with E-state index in [9.17, 15) is 0 Å². The van der Waals surface area contributed by atoms with Crippen LogP contribution < -0.4 is 5.73 Å². The molecule has 0 aliphatic rings. The molecule has 0 unspecified atom stereocenters. The van der Waals surface area contributed by atoms with Gasteiger partial charge in [0.05, 0.1) is 11.4 Å². The number of aryl methyl sites for hydroxylation is 2. The fraction of sp³-hybridized carbons (Fsp3) is 0.133. The van der Waals surface area contributed by atoms with Crippen molar-refractivity contribution in [2.45, 2.75) is 13.8 Å². The average Bonchev–Trinajstić information content (AvgIpc) is 2.42. The van der Waals surface area contributed by atoms with Crippen LogP contribution in [0.2, 0.25) is 0 Å². The first-order chi connectivity index (χ1) is 9.16. The average molecular weight is 250 g/mol. The van der Waals surface area contributed by atoms with E-state index in [1.165, 1.54) is 0 Å². The van der Waals surface area contributed by atoms with Crippen molar-refractivity contribution in [2.75, 3.05) is 5.73 Å². The Balaban J connectivity index is 2.33. The summed E-state index contributed by atoms with van der Waals surface area (Å²) >= 11 is 0. The molecule has 2 aromatic heterocycles. The van der Waals surface area contributed by atoms with Gasteiger partial charge in [-0.25, -0.2) is 9.97 Å². The number of hydrogen-bond donors (Lipinski definition) is 1. The van der Waals surface area contributed by atoms with Crippen LogP contribution in [0.1, 0.15) is 11.4 Å². The van der Waals surface area contributed by atoms with Crippen LogP contribution >= 0.6 is 0 Å². The summed E-state index contributed by atoms with van der Waals surface area (Å²) < 4.78 is 0. The zero-order chi connectivity index (χ0) is 13.4. The maximum Gasteiger partial charge on any atom is 0.150 e. The van der Waals surface area contributed by atoms with Crippen LogP contribution in [-0.2, 0) is 0 Å². The maximum atomic E-state index is 6.02. The summed E-state index contributed by atoms with van der Waals surface area (Å²) in [7, 11) is 0. The van der Waals surface area contributed by atoms with Crippen LogP contribution in [0.3, 0.4) is 0 Å². The van der Waals surface area contributed by atoms with Crippen LogP contribution in [0.25, 0.3) is 22.0 Å². The Morgan fingerprint density at radius 3 is 2.63 bits per heavy atom. The molecule has 0 amide bonds. The first-order valence-electron chi connectivity index (χ1n) is 6.10. The molecular formula is C15H14N4. The smallest absolute Gasteiger partial charge is 0.150 e. The van der Waals surface area contributed by atoms with Gasteiger partial charge in [-0.1, -0.05) is 18.2 Å². The Bertz CT molecular complexity index is 760. The van der Waals surface area contributed by atoms with Crippen LogP contribution in [0, 0.1) is 13.8 Å². The third-order valence-corrected chi connectivity index (χ3v) is 3.27. The standard InChI is InChI=1S/C15H14N4/c1-9-10(2)19-15(16)14(18-9)12-5-3-4-11-6-7-17-8-13(11)12/h3-8H,1-2H3,(H2,16,19). The van der Waals surface area contributed by atoms with Crippen LogP contribution in [0.4, 0.5) is 5.82 Å². The Morgan fingerprint density at radius 1 is 1.00 bits per heavy atom. The van der Waals surface area contributed by atoms with Gasteiger partial charge in [-0.05, 0) is 25.3 Å². The van der Waals surface area contributed by atoms with Crippen molar-refractivity contribution < 1.29 is 0 Å². The van der Waals surface area contributed by atoms with Crippen molar-refractivity contribution in [3.05, 3.63) is 48.0 Å². The second-order valence-electron chi connectivity index (χ2n) is 4.53. The quantitative estimate of drug-likeness (QED) is 0.721. The van der Waals surface area contributed by atoms with Gasteiger partial charge in [-0.2, -0.15) is 0 Å². The minimum absolute atomic E-state index is 0.458. The predicted octanol–water partition coefficient (Wildman–Crippen LogP) is 2.89. The molecule has 0 spiro atoms. The summed E-state index contributed by atoms with van der Waals surface area (Å²) in [5.74, 6) is 0.458. The van der Waals surface area contributed by atoms with Gasteiger partial charge in [0.25, 0.3) is 0 Å². The van der Waals surface area contributed by atoms with Gasteiger partial charge in [0.2, 0.25) is 0 Å². The van der Waals surface area contributed by atoms with Gasteiger partial charge >= 0.3 is 0 Å². The molecule has 4 heteroatoms. The van der Waals surface area contributed by atoms with E-state index in [-0.39, 0.29) is 0 Å². The van der Waals surface area contributed by atoms with Crippen LogP contribution in [-0.4, -0.2) is 15.0 Å². The number of aromatic nitrogens is 3. The monoisotopic (exact) mass is 250 g/mol. The van der Waals surface area contributed by atoms with E-state index < -0.39 is 0 Å². The highest BCUT2D eigenvalue weighted by Crippen LogP contribution is 2.30. The highest BCUT2D eigenvalue weighted by Gasteiger charge is 2.11. The molecule has 0 saturated heterocycles. The predicted molar refractivity (Wildman–Crippen MR) is 76.7 cm³/mol. The fourth-order valence-electron chi connectivity index (χ4n) is 2.14. The Hall–Kier alpha value is -2.49. The second kappa shape index (κ2) is 4.31. The summed E-state index contributed by atoms with van der Waals surface area (Å²) in [6.07, 6.45) is 3.61. The molecule has 3 aromatic rings. The van der Waals surface area contributed by atoms with Crippen molar-refractivity contribution in [1.82, 2.24) is 15.0 Å². The summed E-state index contributed by atoms with van der Waals surface area (Å²) in [4.78, 5) is 13.1. The molecule has 4 nitrogen and oxygen atoms in total. The maximum absolute atomic E-state index is 6.02. The van der Waals surface area contributed by atoms with Crippen LogP contribution in [0.5, 0.6) is 0 Å². The van der Waals surface area contributed by atoms with Gasteiger partial charge in [0.15, 0.2) is 0 Å². The molecule has 0 atom stereocenters. The zero-order valence-electron chi connectivity index (χ0n) is 10.9. The number of nitrogen functional groups attached to an aromatic ring is 1.